The zero-order valence-corrected chi connectivity index (χ0v) is 11.3. The van der Waals surface area contributed by atoms with E-state index in [9.17, 15) is 4.79 Å². The quantitative estimate of drug-likeness (QED) is 0.602. The predicted molar refractivity (Wildman–Crippen MR) is 74.5 cm³/mol. The molecule has 4 nitrogen and oxygen atoms in total. The van der Waals surface area contributed by atoms with Gasteiger partial charge in [0, 0.05) is 18.0 Å². The topological polar surface area (TPSA) is 64.3 Å². The lowest BCUT2D eigenvalue weighted by Crippen LogP contribution is -2.19. The molecule has 1 amide bonds. The standard InChI is InChI=1S/C14H22N2O2/c1-10(2)6-7-18-9-14(17)16-13-5-4-12(15)8-11(13)3/h4-5,8,10H,6-7,9,15H2,1-3H3,(H,16,17). The van der Waals surface area contributed by atoms with Gasteiger partial charge in [-0.2, -0.15) is 0 Å². The second-order valence-corrected chi connectivity index (χ2v) is 4.86. The van der Waals surface area contributed by atoms with Crippen LogP contribution in [0.15, 0.2) is 18.2 Å². The first kappa shape index (κ1) is 14.5. The Morgan fingerprint density at radius 2 is 2.17 bits per heavy atom. The maximum absolute atomic E-state index is 11.6. The zero-order valence-electron chi connectivity index (χ0n) is 11.3. The monoisotopic (exact) mass is 250 g/mol. The third-order valence-corrected chi connectivity index (χ3v) is 2.60. The molecule has 0 unspecified atom stereocenters. The summed E-state index contributed by atoms with van der Waals surface area (Å²) >= 11 is 0. The Bertz CT molecular complexity index is 403. The molecule has 0 fully saturated rings. The van der Waals surface area contributed by atoms with Gasteiger partial charge in [-0.1, -0.05) is 13.8 Å². The number of carbonyl (C=O) groups excluding carboxylic acids is 1. The highest BCUT2D eigenvalue weighted by Gasteiger charge is 2.05. The van der Waals surface area contributed by atoms with Gasteiger partial charge >= 0.3 is 0 Å². The number of anilines is 2. The highest BCUT2D eigenvalue weighted by Crippen LogP contribution is 2.17. The van der Waals surface area contributed by atoms with E-state index < -0.39 is 0 Å². The summed E-state index contributed by atoms with van der Waals surface area (Å²) in [7, 11) is 0. The summed E-state index contributed by atoms with van der Waals surface area (Å²) in [5.74, 6) is 0.457. The average Bonchev–Trinajstić information content (AvgIpc) is 2.28. The summed E-state index contributed by atoms with van der Waals surface area (Å²) in [6.45, 7) is 6.87. The van der Waals surface area contributed by atoms with Crippen LogP contribution in [-0.2, 0) is 9.53 Å². The Balaban J connectivity index is 2.35. The third kappa shape index (κ3) is 5.19. The van der Waals surface area contributed by atoms with Crippen molar-refractivity contribution in [2.75, 3.05) is 24.3 Å². The highest BCUT2D eigenvalue weighted by atomic mass is 16.5. The molecule has 0 aliphatic carbocycles. The average molecular weight is 250 g/mol. The van der Waals surface area contributed by atoms with Crippen LogP contribution in [0.3, 0.4) is 0 Å². The van der Waals surface area contributed by atoms with Crippen molar-refractivity contribution in [1.82, 2.24) is 0 Å². The number of aryl methyl sites for hydroxylation is 1. The van der Waals surface area contributed by atoms with Crippen LogP contribution in [0.5, 0.6) is 0 Å². The number of ether oxygens (including phenoxy) is 1. The number of amides is 1. The predicted octanol–water partition coefficient (Wildman–Crippen LogP) is 2.58. The number of nitrogen functional groups attached to an aromatic ring is 1. The minimum absolute atomic E-state index is 0.0938. The summed E-state index contributed by atoms with van der Waals surface area (Å²) in [6, 6.07) is 5.40. The molecule has 18 heavy (non-hydrogen) atoms. The smallest absolute Gasteiger partial charge is 0.250 e. The van der Waals surface area contributed by atoms with Crippen LogP contribution in [-0.4, -0.2) is 19.1 Å². The van der Waals surface area contributed by atoms with Crippen LogP contribution < -0.4 is 11.1 Å². The largest absolute Gasteiger partial charge is 0.399 e. The van der Waals surface area contributed by atoms with Crippen molar-refractivity contribution in [2.24, 2.45) is 5.92 Å². The first-order valence-electron chi connectivity index (χ1n) is 6.22. The molecule has 0 heterocycles. The molecule has 0 atom stereocenters. The van der Waals surface area contributed by atoms with Crippen molar-refractivity contribution >= 4 is 17.3 Å². The van der Waals surface area contributed by atoms with Crippen molar-refractivity contribution < 1.29 is 9.53 Å². The van der Waals surface area contributed by atoms with E-state index >= 15 is 0 Å². The number of rotatable bonds is 6. The number of benzene rings is 1. The Morgan fingerprint density at radius 3 is 2.78 bits per heavy atom. The highest BCUT2D eigenvalue weighted by molar-refractivity contribution is 5.92. The van der Waals surface area contributed by atoms with Crippen LogP contribution in [0.1, 0.15) is 25.8 Å². The molecule has 0 aliphatic heterocycles. The van der Waals surface area contributed by atoms with Crippen molar-refractivity contribution in [3.05, 3.63) is 23.8 Å². The van der Waals surface area contributed by atoms with E-state index in [1.54, 1.807) is 12.1 Å². The van der Waals surface area contributed by atoms with E-state index in [0.717, 1.165) is 17.7 Å². The van der Waals surface area contributed by atoms with Crippen molar-refractivity contribution in [3.63, 3.8) is 0 Å². The summed E-state index contributed by atoms with van der Waals surface area (Å²) in [4.78, 5) is 11.6. The maximum Gasteiger partial charge on any atom is 0.250 e. The molecule has 0 aliphatic rings. The Labute approximate surface area is 109 Å². The van der Waals surface area contributed by atoms with Crippen LogP contribution in [0.4, 0.5) is 11.4 Å². The number of nitrogens with one attached hydrogen (secondary N) is 1. The fourth-order valence-electron chi connectivity index (χ4n) is 1.50. The van der Waals surface area contributed by atoms with E-state index in [4.69, 9.17) is 10.5 Å². The second kappa shape index (κ2) is 7.01. The number of carbonyl (C=O) groups is 1. The molecule has 4 heteroatoms. The van der Waals surface area contributed by atoms with Gasteiger partial charge in [0.25, 0.3) is 0 Å². The normalized spacial score (nSPS) is 10.7. The molecule has 0 radical (unpaired) electrons. The summed E-state index contributed by atoms with van der Waals surface area (Å²) < 4.78 is 5.31. The Hall–Kier alpha value is -1.55. The third-order valence-electron chi connectivity index (χ3n) is 2.60. The van der Waals surface area contributed by atoms with Gasteiger partial charge in [-0.3, -0.25) is 4.79 Å². The van der Waals surface area contributed by atoms with Gasteiger partial charge in [0.05, 0.1) is 0 Å². The summed E-state index contributed by atoms with van der Waals surface area (Å²) in [5.41, 5.74) is 8.07. The lowest BCUT2D eigenvalue weighted by molar-refractivity contribution is -0.120. The fraction of sp³-hybridized carbons (Fsp3) is 0.500. The molecule has 0 spiro atoms. The van der Waals surface area contributed by atoms with E-state index in [2.05, 4.69) is 19.2 Å². The van der Waals surface area contributed by atoms with Crippen LogP contribution in [0.25, 0.3) is 0 Å². The molecule has 0 bridgehead atoms. The summed E-state index contributed by atoms with van der Waals surface area (Å²) in [5, 5.41) is 2.81. The lowest BCUT2D eigenvalue weighted by Gasteiger charge is -2.10. The van der Waals surface area contributed by atoms with Crippen LogP contribution >= 0.6 is 0 Å². The molecular formula is C14H22N2O2. The fourth-order valence-corrected chi connectivity index (χ4v) is 1.50. The molecule has 1 aromatic rings. The first-order valence-corrected chi connectivity index (χ1v) is 6.22. The van der Waals surface area contributed by atoms with Crippen molar-refractivity contribution in [1.29, 1.82) is 0 Å². The van der Waals surface area contributed by atoms with Crippen LogP contribution in [0.2, 0.25) is 0 Å². The number of hydrogen-bond donors (Lipinski definition) is 2. The molecule has 100 valence electrons. The number of nitrogens with two attached hydrogens (primary N) is 1. The van der Waals surface area contributed by atoms with Crippen molar-refractivity contribution in [3.8, 4) is 0 Å². The second-order valence-electron chi connectivity index (χ2n) is 4.86. The molecule has 3 N–H and O–H groups in total. The molecule has 0 aromatic heterocycles. The molecule has 0 saturated heterocycles. The van der Waals surface area contributed by atoms with Crippen LogP contribution in [0, 0.1) is 12.8 Å². The minimum Gasteiger partial charge on any atom is -0.399 e. The molecule has 1 aromatic carbocycles. The van der Waals surface area contributed by atoms with Gasteiger partial charge in [0.2, 0.25) is 5.91 Å². The molecule has 0 saturated carbocycles. The van der Waals surface area contributed by atoms with Crippen molar-refractivity contribution in [2.45, 2.75) is 27.2 Å². The molecule has 1 rings (SSSR count). The SMILES string of the molecule is Cc1cc(N)ccc1NC(=O)COCCC(C)C. The Kier molecular flexibility index (Phi) is 5.65. The minimum atomic E-state index is -0.133. The number of hydrogen-bond acceptors (Lipinski definition) is 3. The van der Waals surface area contributed by atoms with Gasteiger partial charge in [0.1, 0.15) is 6.61 Å². The van der Waals surface area contributed by atoms with Gasteiger partial charge in [0.15, 0.2) is 0 Å². The Morgan fingerprint density at radius 1 is 1.44 bits per heavy atom. The van der Waals surface area contributed by atoms with E-state index in [-0.39, 0.29) is 12.5 Å². The zero-order chi connectivity index (χ0) is 13.5. The van der Waals surface area contributed by atoms with E-state index in [0.29, 0.717) is 18.2 Å². The van der Waals surface area contributed by atoms with Gasteiger partial charge in [-0.05, 0) is 43.0 Å². The van der Waals surface area contributed by atoms with E-state index in [1.807, 2.05) is 13.0 Å². The van der Waals surface area contributed by atoms with Gasteiger partial charge in [-0.15, -0.1) is 0 Å². The van der Waals surface area contributed by atoms with Gasteiger partial charge in [-0.25, -0.2) is 0 Å². The molecular weight excluding hydrogens is 228 g/mol. The van der Waals surface area contributed by atoms with Gasteiger partial charge < -0.3 is 15.8 Å². The van der Waals surface area contributed by atoms with E-state index in [1.165, 1.54) is 0 Å². The lowest BCUT2D eigenvalue weighted by atomic mass is 10.1. The first-order chi connectivity index (χ1) is 8.49. The summed E-state index contributed by atoms with van der Waals surface area (Å²) in [6.07, 6.45) is 0.966. The maximum atomic E-state index is 11.6.